The van der Waals surface area contributed by atoms with Gasteiger partial charge in [0.05, 0.1) is 16.9 Å². The Morgan fingerprint density at radius 3 is 2.61 bits per heavy atom. The van der Waals surface area contributed by atoms with Crippen LogP contribution in [-0.4, -0.2) is 21.9 Å². The highest BCUT2D eigenvalue weighted by Crippen LogP contribution is 2.18. The van der Waals surface area contributed by atoms with Gasteiger partial charge >= 0.3 is 0 Å². The van der Waals surface area contributed by atoms with Crippen molar-refractivity contribution in [1.82, 2.24) is 14.9 Å². The molecular formula is C18H18FN3O. The molecule has 5 heteroatoms. The van der Waals surface area contributed by atoms with Crippen LogP contribution >= 0.6 is 0 Å². The van der Waals surface area contributed by atoms with Crippen LogP contribution in [0.4, 0.5) is 4.39 Å². The van der Waals surface area contributed by atoms with Gasteiger partial charge in [0.15, 0.2) is 0 Å². The van der Waals surface area contributed by atoms with Crippen LogP contribution in [0.15, 0.2) is 53.3 Å². The molecule has 1 N–H and O–H groups in total. The van der Waals surface area contributed by atoms with E-state index in [1.807, 2.05) is 32.2 Å². The van der Waals surface area contributed by atoms with E-state index >= 15 is 0 Å². The Labute approximate surface area is 133 Å². The summed E-state index contributed by atoms with van der Waals surface area (Å²) in [6.45, 7) is 2.62. The Kier molecular flexibility index (Phi) is 4.21. The van der Waals surface area contributed by atoms with Crippen molar-refractivity contribution in [1.29, 1.82) is 0 Å². The first kappa shape index (κ1) is 15.4. The molecule has 23 heavy (non-hydrogen) atoms. The molecule has 118 valence electrons. The van der Waals surface area contributed by atoms with Crippen LogP contribution in [0, 0.1) is 5.82 Å². The van der Waals surface area contributed by atoms with Crippen LogP contribution < -0.4 is 5.56 Å². The van der Waals surface area contributed by atoms with Crippen molar-refractivity contribution in [3.05, 3.63) is 76.1 Å². The fourth-order valence-electron chi connectivity index (χ4n) is 2.53. The number of rotatable bonds is 4. The Hall–Kier alpha value is -2.53. The van der Waals surface area contributed by atoms with E-state index in [2.05, 4.69) is 14.9 Å². The van der Waals surface area contributed by atoms with Crippen LogP contribution in [0.1, 0.15) is 24.4 Å². The van der Waals surface area contributed by atoms with Crippen LogP contribution in [-0.2, 0) is 6.54 Å². The topological polar surface area (TPSA) is 49.0 Å². The summed E-state index contributed by atoms with van der Waals surface area (Å²) in [4.78, 5) is 21.6. The van der Waals surface area contributed by atoms with Gasteiger partial charge in [-0.3, -0.25) is 9.69 Å². The second-order valence-corrected chi connectivity index (χ2v) is 5.69. The highest BCUT2D eigenvalue weighted by molar-refractivity contribution is 5.77. The van der Waals surface area contributed by atoms with Gasteiger partial charge in [0.1, 0.15) is 11.6 Å². The fraction of sp³-hybridized carbons (Fsp3) is 0.222. The van der Waals surface area contributed by atoms with Crippen molar-refractivity contribution in [3.63, 3.8) is 0 Å². The van der Waals surface area contributed by atoms with Crippen molar-refractivity contribution in [2.75, 3.05) is 7.05 Å². The standard InChI is InChI=1S/C18H18FN3O/c1-12(22(2)11-13-7-9-14(19)10-8-13)17-20-16-6-4-3-5-15(16)18(23)21-17/h3-10,12H,11H2,1-2H3,(H,20,21,23). The molecule has 0 fully saturated rings. The van der Waals surface area contributed by atoms with Gasteiger partial charge < -0.3 is 4.98 Å². The summed E-state index contributed by atoms with van der Waals surface area (Å²) in [6, 6.07) is 13.6. The van der Waals surface area contributed by atoms with Gasteiger partial charge in [0, 0.05) is 6.54 Å². The van der Waals surface area contributed by atoms with E-state index in [-0.39, 0.29) is 17.4 Å². The molecule has 0 radical (unpaired) electrons. The number of fused-ring (bicyclic) bond motifs is 1. The van der Waals surface area contributed by atoms with E-state index in [9.17, 15) is 9.18 Å². The number of aromatic amines is 1. The summed E-state index contributed by atoms with van der Waals surface area (Å²) >= 11 is 0. The second kappa shape index (κ2) is 6.30. The van der Waals surface area contributed by atoms with Crippen molar-refractivity contribution in [2.45, 2.75) is 19.5 Å². The van der Waals surface area contributed by atoms with E-state index in [0.29, 0.717) is 23.3 Å². The molecule has 2 aromatic carbocycles. The summed E-state index contributed by atoms with van der Waals surface area (Å²) in [7, 11) is 1.95. The predicted molar refractivity (Wildman–Crippen MR) is 88.6 cm³/mol. The molecule has 3 rings (SSSR count). The number of H-pyrrole nitrogens is 1. The third-order valence-corrected chi connectivity index (χ3v) is 4.03. The van der Waals surface area contributed by atoms with Crippen molar-refractivity contribution >= 4 is 10.9 Å². The molecule has 4 nitrogen and oxygen atoms in total. The van der Waals surface area contributed by atoms with Crippen molar-refractivity contribution < 1.29 is 4.39 Å². The quantitative estimate of drug-likeness (QED) is 0.804. The molecule has 0 aliphatic heterocycles. The highest BCUT2D eigenvalue weighted by Gasteiger charge is 2.15. The molecule has 1 heterocycles. The third-order valence-electron chi connectivity index (χ3n) is 4.03. The smallest absolute Gasteiger partial charge is 0.258 e. The first-order chi connectivity index (χ1) is 11.0. The highest BCUT2D eigenvalue weighted by atomic mass is 19.1. The maximum atomic E-state index is 13.0. The van der Waals surface area contributed by atoms with E-state index in [1.54, 1.807) is 18.2 Å². The summed E-state index contributed by atoms with van der Waals surface area (Å²) in [5.41, 5.74) is 1.56. The van der Waals surface area contributed by atoms with E-state index in [4.69, 9.17) is 0 Å². The lowest BCUT2D eigenvalue weighted by molar-refractivity contribution is 0.244. The molecule has 1 aromatic heterocycles. The zero-order valence-corrected chi connectivity index (χ0v) is 13.1. The number of benzene rings is 2. The number of nitrogens with zero attached hydrogens (tertiary/aromatic N) is 2. The lowest BCUT2D eigenvalue weighted by atomic mass is 10.1. The normalized spacial score (nSPS) is 12.7. The SMILES string of the molecule is CC(c1nc2ccccc2c(=O)[nH]1)N(C)Cc1ccc(F)cc1. The van der Waals surface area contributed by atoms with E-state index in [1.165, 1.54) is 12.1 Å². The van der Waals surface area contributed by atoms with Crippen LogP contribution in [0.5, 0.6) is 0 Å². The van der Waals surface area contributed by atoms with E-state index in [0.717, 1.165) is 5.56 Å². The zero-order valence-electron chi connectivity index (χ0n) is 13.1. The number of hydrogen-bond acceptors (Lipinski definition) is 3. The summed E-state index contributed by atoms with van der Waals surface area (Å²) in [5, 5.41) is 0.588. The van der Waals surface area contributed by atoms with Crippen molar-refractivity contribution in [3.8, 4) is 0 Å². The zero-order chi connectivity index (χ0) is 16.4. The number of nitrogens with one attached hydrogen (secondary N) is 1. The van der Waals surface area contributed by atoms with Crippen LogP contribution in [0.25, 0.3) is 10.9 Å². The Morgan fingerprint density at radius 2 is 1.87 bits per heavy atom. The molecule has 0 bridgehead atoms. The Bertz CT molecular complexity index is 873. The maximum absolute atomic E-state index is 13.0. The van der Waals surface area contributed by atoms with Crippen LogP contribution in [0.3, 0.4) is 0 Å². The summed E-state index contributed by atoms with van der Waals surface area (Å²) < 4.78 is 13.0. The second-order valence-electron chi connectivity index (χ2n) is 5.69. The first-order valence-electron chi connectivity index (χ1n) is 7.48. The lowest BCUT2D eigenvalue weighted by Gasteiger charge is -2.24. The third kappa shape index (κ3) is 3.29. The number of halogens is 1. The molecular weight excluding hydrogens is 293 g/mol. The number of hydrogen-bond donors (Lipinski definition) is 1. The van der Waals surface area contributed by atoms with Gasteiger partial charge in [0.2, 0.25) is 0 Å². The molecule has 0 aliphatic carbocycles. The van der Waals surface area contributed by atoms with Gasteiger partial charge in [-0.25, -0.2) is 9.37 Å². The van der Waals surface area contributed by atoms with Gasteiger partial charge in [-0.2, -0.15) is 0 Å². The lowest BCUT2D eigenvalue weighted by Crippen LogP contribution is -2.26. The van der Waals surface area contributed by atoms with Crippen LogP contribution in [0.2, 0.25) is 0 Å². The molecule has 3 aromatic rings. The average molecular weight is 311 g/mol. The monoisotopic (exact) mass is 311 g/mol. The molecule has 0 amide bonds. The number of aromatic nitrogens is 2. The Balaban J connectivity index is 1.85. The molecule has 0 spiro atoms. The maximum Gasteiger partial charge on any atom is 0.258 e. The number of para-hydroxylation sites is 1. The van der Waals surface area contributed by atoms with Gasteiger partial charge in [-0.05, 0) is 43.8 Å². The minimum Gasteiger partial charge on any atom is -0.309 e. The average Bonchev–Trinajstić information content (AvgIpc) is 2.56. The molecule has 0 saturated carbocycles. The predicted octanol–water partition coefficient (Wildman–Crippen LogP) is 3.26. The minimum absolute atomic E-state index is 0.0719. The fourth-order valence-corrected chi connectivity index (χ4v) is 2.53. The largest absolute Gasteiger partial charge is 0.309 e. The Morgan fingerprint density at radius 1 is 1.17 bits per heavy atom. The molecule has 0 saturated heterocycles. The molecule has 1 atom stereocenters. The van der Waals surface area contributed by atoms with Gasteiger partial charge in [-0.1, -0.05) is 24.3 Å². The summed E-state index contributed by atoms with van der Waals surface area (Å²) in [5.74, 6) is 0.378. The van der Waals surface area contributed by atoms with Gasteiger partial charge in [-0.15, -0.1) is 0 Å². The first-order valence-corrected chi connectivity index (χ1v) is 7.48. The molecule has 0 aliphatic rings. The van der Waals surface area contributed by atoms with E-state index < -0.39 is 0 Å². The minimum atomic E-state index is -0.245. The molecule has 1 unspecified atom stereocenters. The van der Waals surface area contributed by atoms with Crippen molar-refractivity contribution in [2.24, 2.45) is 0 Å². The van der Waals surface area contributed by atoms with Gasteiger partial charge in [0.25, 0.3) is 5.56 Å². The summed E-state index contributed by atoms with van der Waals surface area (Å²) in [6.07, 6.45) is 0.